The van der Waals surface area contributed by atoms with Gasteiger partial charge in [0.2, 0.25) is 0 Å². The Bertz CT molecular complexity index is 3250. The molecule has 11 aromatic rings. The molecule has 406 valence electrons. The fraction of sp³-hybridized carbons (Fsp3) is 0.165. The van der Waals surface area contributed by atoms with Gasteiger partial charge in [-0.25, -0.2) is 0 Å². The molecular weight excluding hydrogens is 995 g/mol. The van der Waals surface area contributed by atoms with E-state index in [4.69, 9.17) is 0 Å². The first kappa shape index (κ1) is 55.2. The third-order valence-corrected chi connectivity index (χ3v) is 17.7. The third-order valence-electron chi connectivity index (χ3n) is 17.7. The van der Waals surface area contributed by atoms with Gasteiger partial charge in [-0.3, -0.25) is 4.90 Å². The van der Waals surface area contributed by atoms with Gasteiger partial charge in [-0.2, -0.15) is 0 Å². The second-order valence-electron chi connectivity index (χ2n) is 22.9. The molecule has 2 atom stereocenters. The quantitative estimate of drug-likeness (QED) is 0.0665. The summed E-state index contributed by atoms with van der Waals surface area (Å²) in [6.45, 7) is 5.45. The SMILES string of the molecule is CC(CO)(CC(c1ccccc1)(c1ccccc1)c1ccccc1)c1cccc(CN(Cc2cccc(C(C)(CO)CC(c3ccccc3)(c3ccccc3)c3ccccc3)c2)C(c2ccccc2)(c2ccccc2)c2ccccc2)c1. The minimum atomic E-state index is -0.789. The lowest BCUT2D eigenvalue weighted by Crippen LogP contribution is -2.47. The first-order chi connectivity index (χ1) is 40.2. The number of aliphatic hydroxyl groups excluding tert-OH is 2. The van der Waals surface area contributed by atoms with Crippen LogP contribution in [-0.2, 0) is 40.3 Å². The van der Waals surface area contributed by atoms with E-state index in [1.807, 2.05) is 0 Å². The van der Waals surface area contributed by atoms with Gasteiger partial charge in [-0.05, 0) is 85.2 Å². The lowest BCUT2D eigenvalue weighted by atomic mass is 9.60. The highest BCUT2D eigenvalue weighted by molar-refractivity contribution is 5.55. The minimum absolute atomic E-state index is 0.0626. The molecule has 0 saturated carbocycles. The van der Waals surface area contributed by atoms with Crippen molar-refractivity contribution in [3.8, 4) is 0 Å². The molecule has 0 fully saturated rings. The summed E-state index contributed by atoms with van der Waals surface area (Å²) < 4.78 is 0. The van der Waals surface area contributed by atoms with Crippen molar-refractivity contribution in [1.29, 1.82) is 0 Å². The third kappa shape index (κ3) is 10.7. The van der Waals surface area contributed by atoms with Gasteiger partial charge in [0, 0.05) is 34.7 Å². The molecule has 0 heterocycles. The summed E-state index contributed by atoms with van der Waals surface area (Å²) in [6, 6.07) is 116. The minimum Gasteiger partial charge on any atom is -0.395 e. The number of hydrogen-bond acceptors (Lipinski definition) is 3. The van der Waals surface area contributed by atoms with Gasteiger partial charge in [0.1, 0.15) is 0 Å². The largest absolute Gasteiger partial charge is 0.395 e. The van der Waals surface area contributed by atoms with Crippen LogP contribution in [0.15, 0.2) is 322 Å². The van der Waals surface area contributed by atoms with Gasteiger partial charge in [0.15, 0.2) is 0 Å². The molecule has 82 heavy (non-hydrogen) atoms. The molecule has 0 aromatic heterocycles. The van der Waals surface area contributed by atoms with E-state index in [1.54, 1.807) is 0 Å². The van der Waals surface area contributed by atoms with Crippen LogP contribution in [-0.4, -0.2) is 28.3 Å². The van der Waals surface area contributed by atoms with Crippen LogP contribution >= 0.6 is 0 Å². The summed E-state index contributed by atoms with van der Waals surface area (Å²) in [5.74, 6) is 0. The number of rotatable bonds is 22. The standard InChI is InChI=1S/C79H73NO2/c1-75(60-81,58-77(64-34-12-3-13-35-64,65-36-14-4-15-37-65)66-38-16-5-17-39-66)73-52-30-32-62(54-73)56-80(79(70-46-24-9-25-47-70,71-48-26-10-27-49-71)72-50-28-11-29-51-72)57-63-33-31-53-74(55-63)76(2,61-82)59-78(67-40-18-6-19-41-67,68-42-20-7-21-43-68)69-44-22-8-23-45-69/h3-55,81-82H,56-61H2,1-2H3. The maximum Gasteiger partial charge on any atom is 0.0978 e. The van der Waals surface area contributed by atoms with Crippen LogP contribution in [0.4, 0.5) is 0 Å². The number of benzene rings is 11. The number of aliphatic hydroxyl groups is 2. The molecule has 2 unspecified atom stereocenters. The van der Waals surface area contributed by atoms with E-state index in [-0.39, 0.29) is 13.2 Å². The van der Waals surface area contributed by atoms with E-state index in [2.05, 4.69) is 340 Å². The van der Waals surface area contributed by atoms with Crippen LogP contribution in [0, 0.1) is 0 Å². The maximum atomic E-state index is 12.0. The van der Waals surface area contributed by atoms with Crippen LogP contribution in [0.3, 0.4) is 0 Å². The van der Waals surface area contributed by atoms with E-state index in [1.165, 1.54) is 33.4 Å². The fourth-order valence-electron chi connectivity index (χ4n) is 13.5. The van der Waals surface area contributed by atoms with Crippen LogP contribution in [0.5, 0.6) is 0 Å². The van der Waals surface area contributed by atoms with E-state index in [0.29, 0.717) is 25.9 Å². The maximum absolute atomic E-state index is 12.0. The van der Waals surface area contributed by atoms with Gasteiger partial charge >= 0.3 is 0 Å². The second kappa shape index (κ2) is 24.6. The topological polar surface area (TPSA) is 43.7 Å². The Morgan fingerprint density at radius 3 is 0.683 bits per heavy atom. The zero-order chi connectivity index (χ0) is 56.3. The van der Waals surface area contributed by atoms with Crippen molar-refractivity contribution in [1.82, 2.24) is 4.90 Å². The molecule has 0 radical (unpaired) electrons. The smallest absolute Gasteiger partial charge is 0.0978 e. The number of hydrogen-bond donors (Lipinski definition) is 2. The first-order valence-corrected chi connectivity index (χ1v) is 28.9. The highest BCUT2D eigenvalue weighted by atomic mass is 16.3. The average Bonchev–Trinajstić information content (AvgIpc) is 3.67. The van der Waals surface area contributed by atoms with Crippen molar-refractivity contribution < 1.29 is 10.2 Å². The lowest BCUT2D eigenvalue weighted by Gasteiger charge is -2.46. The molecule has 0 spiro atoms. The summed E-state index contributed by atoms with van der Waals surface area (Å²) in [4.78, 5) is 2.65. The van der Waals surface area contributed by atoms with Gasteiger partial charge < -0.3 is 10.2 Å². The van der Waals surface area contributed by atoms with E-state index in [0.717, 1.165) is 38.9 Å². The highest BCUT2D eigenvalue weighted by Crippen LogP contribution is 2.51. The van der Waals surface area contributed by atoms with Crippen LogP contribution < -0.4 is 0 Å². The Kier molecular flexibility index (Phi) is 16.5. The summed E-state index contributed by atoms with van der Waals surface area (Å²) in [5, 5.41) is 24.1. The molecule has 3 nitrogen and oxygen atoms in total. The number of nitrogens with zero attached hydrogens (tertiary/aromatic N) is 1. The predicted octanol–water partition coefficient (Wildman–Crippen LogP) is 17.0. The van der Waals surface area contributed by atoms with Crippen LogP contribution in [0.25, 0.3) is 0 Å². The second-order valence-corrected chi connectivity index (χ2v) is 22.9. The molecule has 11 aromatic carbocycles. The van der Waals surface area contributed by atoms with Crippen LogP contribution in [0.2, 0.25) is 0 Å². The Hall–Kier alpha value is -8.70. The molecule has 11 rings (SSSR count). The Morgan fingerprint density at radius 1 is 0.256 bits per heavy atom. The first-order valence-electron chi connectivity index (χ1n) is 28.9. The van der Waals surface area contributed by atoms with Crippen LogP contribution in [0.1, 0.15) is 99.0 Å². The summed E-state index contributed by atoms with van der Waals surface area (Å²) >= 11 is 0. The van der Waals surface area contributed by atoms with Gasteiger partial charge in [0.25, 0.3) is 0 Å². The van der Waals surface area contributed by atoms with Crippen molar-refractivity contribution in [2.45, 2.75) is 67.0 Å². The lowest BCUT2D eigenvalue weighted by molar-refractivity contribution is 0.137. The van der Waals surface area contributed by atoms with Crippen molar-refractivity contribution in [2.75, 3.05) is 13.2 Å². The van der Waals surface area contributed by atoms with E-state index >= 15 is 0 Å². The fourth-order valence-corrected chi connectivity index (χ4v) is 13.5. The van der Waals surface area contributed by atoms with Crippen molar-refractivity contribution in [3.63, 3.8) is 0 Å². The highest BCUT2D eigenvalue weighted by Gasteiger charge is 2.47. The average molecular weight is 1070 g/mol. The van der Waals surface area contributed by atoms with Gasteiger partial charge in [-0.1, -0.05) is 335 Å². The predicted molar refractivity (Wildman–Crippen MR) is 338 cm³/mol. The monoisotopic (exact) mass is 1070 g/mol. The van der Waals surface area contributed by atoms with Crippen molar-refractivity contribution in [3.05, 3.63) is 394 Å². The summed E-state index contributed by atoms with van der Waals surface area (Å²) in [6.07, 6.45) is 1.22. The molecule has 0 bridgehead atoms. The van der Waals surface area contributed by atoms with Crippen molar-refractivity contribution >= 4 is 0 Å². The Balaban J connectivity index is 1.07. The Labute approximate surface area is 486 Å². The summed E-state index contributed by atoms with van der Waals surface area (Å²) in [7, 11) is 0. The molecule has 0 aliphatic rings. The zero-order valence-electron chi connectivity index (χ0n) is 47.2. The molecule has 3 heteroatoms. The zero-order valence-corrected chi connectivity index (χ0v) is 47.2. The van der Waals surface area contributed by atoms with E-state index in [9.17, 15) is 10.2 Å². The molecule has 0 saturated heterocycles. The van der Waals surface area contributed by atoms with Crippen molar-refractivity contribution in [2.24, 2.45) is 0 Å². The molecular formula is C79H73NO2. The normalized spacial score (nSPS) is 13.5. The van der Waals surface area contributed by atoms with E-state index < -0.39 is 27.2 Å². The summed E-state index contributed by atoms with van der Waals surface area (Å²) in [5.41, 5.74) is 11.6. The molecule has 0 aliphatic heterocycles. The molecule has 2 N–H and O–H groups in total. The van der Waals surface area contributed by atoms with Gasteiger partial charge in [-0.15, -0.1) is 0 Å². The molecule has 0 aliphatic carbocycles. The van der Waals surface area contributed by atoms with Gasteiger partial charge in [0.05, 0.1) is 18.8 Å². The Morgan fingerprint density at radius 2 is 0.463 bits per heavy atom. The molecule has 0 amide bonds.